The summed E-state index contributed by atoms with van der Waals surface area (Å²) in [5.74, 6) is -0.399. The van der Waals surface area contributed by atoms with Crippen LogP contribution < -0.4 is 10.2 Å². The summed E-state index contributed by atoms with van der Waals surface area (Å²) in [5.41, 5.74) is 2.24. The van der Waals surface area contributed by atoms with Crippen LogP contribution in [0.5, 0.6) is 0 Å². The maximum Gasteiger partial charge on any atom is 0.295 e. The van der Waals surface area contributed by atoms with Crippen molar-refractivity contribution in [2.75, 3.05) is 31.0 Å². The molecule has 1 heterocycles. The molecule has 3 rings (SSSR count). The second-order valence-corrected chi connectivity index (χ2v) is 7.23. The normalized spacial score (nSPS) is 15.2. The van der Waals surface area contributed by atoms with Gasteiger partial charge in [-0.05, 0) is 41.6 Å². The summed E-state index contributed by atoms with van der Waals surface area (Å²) < 4.78 is 0. The number of thioether (sulfide) groups is 1. The van der Waals surface area contributed by atoms with Gasteiger partial charge in [-0.1, -0.05) is 18.2 Å². The van der Waals surface area contributed by atoms with Crippen molar-refractivity contribution in [2.45, 2.75) is 0 Å². The third-order valence-corrected chi connectivity index (χ3v) is 4.99. The Morgan fingerprint density at radius 1 is 1.18 bits per heavy atom. The maximum absolute atomic E-state index is 12.6. The van der Waals surface area contributed by atoms with Crippen LogP contribution in [0.3, 0.4) is 0 Å². The van der Waals surface area contributed by atoms with Crippen LogP contribution in [0.2, 0.25) is 0 Å². The van der Waals surface area contributed by atoms with Crippen LogP contribution in [0.4, 0.5) is 21.9 Å². The number of imide groups is 1. The molecule has 1 N–H and O–H groups in total. The minimum atomic E-state index is -0.504. The van der Waals surface area contributed by atoms with Gasteiger partial charge in [-0.25, -0.2) is 0 Å². The highest BCUT2D eigenvalue weighted by Crippen LogP contribution is 2.32. The standard InChI is InChI=1S/C19H18N4O4S/c1-21(2)15-8-6-13(7-9-15)10-17-18(24)22(19(25)28-17)12-20-14-4-3-5-16(11-14)23(26)27/h3-11,20H,12H2,1-2H3. The topological polar surface area (TPSA) is 95.8 Å². The molecule has 28 heavy (non-hydrogen) atoms. The van der Waals surface area contributed by atoms with E-state index in [0.29, 0.717) is 10.6 Å². The Morgan fingerprint density at radius 3 is 2.54 bits per heavy atom. The van der Waals surface area contributed by atoms with Gasteiger partial charge in [0.25, 0.3) is 16.8 Å². The molecule has 0 radical (unpaired) electrons. The molecule has 1 aliphatic rings. The van der Waals surface area contributed by atoms with Crippen LogP contribution in [0.1, 0.15) is 5.56 Å². The molecule has 1 saturated heterocycles. The number of carbonyl (C=O) groups excluding carboxylic acids is 2. The molecule has 0 aliphatic carbocycles. The van der Waals surface area contributed by atoms with Crippen molar-refractivity contribution in [3.05, 3.63) is 69.1 Å². The van der Waals surface area contributed by atoms with Gasteiger partial charge in [-0.2, -0.15) is 0 Å². The Labute approximate surface area is 166 Å². The van der Waals surface area contributed by atoms with Gasteiger partial charge < -0.3 is 10.2 Å². The molecule has 1 aliphatic heterocycles. The summed E-state index contributed by atoms with van der Waals surface area (Å²) >= 11 is 0.870. The fourth-order valence-corrected chi connectivity index (χ4v) is 3.39. The molecule has 2 amide bonds. The highest BCUT2D eigenvalue weighted by Gasteiger charge is 2.34. The van der Waals surface area contributed by atoms with Gasteiger partial charge in [0, 0.05) is 37.6 Å². The number of rotatable bonds is 6. The Morgan fingerprint density at radius 2 is 1.89 bits per heavy atom. The number of nitro benzene ring substituents is 1. The number of nitrogens with one attached hydrogen (secondary N) is 1. The Hall–Kier alpha value is -3.33. The zero-order valence-corrected chi connectivity index (χ0v) is 16.1. The van der Waals surface area contributed by atoms with Gasteiger partial charge in [0.15, 0.2) is 0 Å². The first-order chi connectivity index (χ1) is 13.3. The van der Waals surface area contributed by atoms with Gasteiger partial charge in [-0.15, -0.1) is 0 Å². The number of hydrogen-bond acceptors (Lipinski definition) is 7. The molecule has 0 unspecified atom stereocenters. The molecule has 0 bridgehead atoms. The average molecular weight is 398 g/mol. The molecule has 9 heteroatoms. The quantitative estimate of drug-likeness (QED) is 0.449. The lowest BCUT2D eigenvalue weighted by atomic mass is 10.2. The molecule has 2 aromatic carbocycles. The number of benzene rings is 2. The highest BCUT2D eigenvalue weighted by atomic mass is 32.2. The predicted octanol–water partition coefficient (Wildman–Crippen LogP) is 3.77. The molecular weight excluding hydrogens is 380 g/mol. The molecule has 0 spiro atoms. The molecule has 8 nitrogen and oxygen atoms in total. The first-order valence-electron chi connectivity index (χ1n) is 8.36. The SMILES string of the molecule is CN(C)c1ccc(C=C2SC(=O)N(CNc3cccc([N+](=O)[O-])c3)C2=O)cc1. The first kappa shape index (κ1) is 19.4. The van der Waals surface area contributed by atoms with Crippen molar-refractivity contribution >= 4 is 46.0 Å². The third-order valence-electron chi connectivity index (χ3n) is 4.08. The molecule has 2 aromatic rings. The molecular formula is C19H18N4O4S. The smallest absolute Gasteiger partial charge is 0.295 e. The van der Waals surface area contributed by atoms with Crippen molar-refractivity contribution < 1.29 is 14.5 Å². The fraction of sp³-hybridized carbons (Fsp3) is 0.158. The van der Waals surface area contributed by atoms with Crippen LogP contribution in [-0.2, 0) is 4.79 Å². The van der Waals surface area contributed by atoms with E-state index in [-0.39, 0.29) is 17.6 Å². The summed E-state index contributed by atoms with van der Waals surface area (Å²) in [4.78, 5) is 38.5. The summed E-state index contributed by atoms with van der Waals surface area (Å²) in [7, 11) is 3.88. The van der Waals surface area contributed by atoms with Gasteiger partial charge in [0.2, 0.25) is 0 Å². The number of nitrogens with zero attached hydrogens (tertiary/aromatic N) is 3. The number of carbonyl (C=O) groups is 2. The van der Waals surface area contributed by atoms with Crippen LogP contribution in [-0.4, -0.2) is 41.7 Å². The lowest BCUT2D eigenvalue weighted by molar-refractivity contribution is -0.384. The van der Waals surface area contributed by atoms with E-state index in [0.717, 1.165) is 27.9 Å². The second-order valence-electron chi connectivity index (χ2n) is 6.24. The summed E-state index contributed by atoms with van der Waals surface area (Å²) in [6, 6.07) is 13.5. The van der Waals surface area contributed by atoms with Crippen LogP contribution in [0.15, 0.2) is 53.4 Å². The minimum Gasteiger partial charge on any atom is -0.378 e. The van der Waals surface area contributed by atoms with Crippen molar-refractivity contribution in [2.24, 2.45) is 0 Å². The number of amides is 2. The van der Waals surface area contributed by atoms with Crippen molar-refractivity contribution in [1.82, 2.24) is 4.90 Å². The number of nitro groups is 1. The van der Waals surface area contributed by atoms with Gasteiger partial charge in [0.1, 0.15) is 0 Å². The third kappa shape index (κ3) is 4.32. The predicted molar refractivity (Wildman–Crippen MR) is 110 cm³/mol. The summed E-state index contributed by atoms with van der Waals surface area (Å²) in [5, 5.41) is 13.3. The van der Waals surface area contributed by atoms with E-state index in [1.54, 1.807) is 12.1 Å². The Balaban J connectivity index is 1.69. The van der Waals surface area contributed by atoms with Crippen molar-refractivity contribution in [3.63, 3.8) is 0 Å². The molecule has 0 atom stereocenters. The Kier molecular flexibility index (Phi) is 5.65. The fourth-order valence-electron chi connectivity index (χ4n) is 2.56. The number of anilines is 2. The van der Waals surface area contributed by atoms with E-state index >= 15 is 0 Å². The second kappa shape index (κ2) is 8.13. The van der Waals surface area contributed by atoms with Gasteiger partial charge in [-0.3, -0.25) is 24.6 Å². The van der Waals surface area contributed by atoms with E-state index in [1.807, 2.05) is 43.3 Å². The lowest BCUT2D eigenvalue weighted by Crippen LogP contribution is -2.33. The van der Waals surface area contributed by atoms with E-state index < -0.39 is 10.8 Å². The minimum absolute atomic E-state index is 0.0667. The summed E-state index contributed by atoms with van der Waals surface area (Å²) in [6.45, 7) is -0.0667. The molecule has 144 valence electrons. The first-order valence-corrected chi connectivity index (χ1v) is 9.18. The van der Waals surface area contributed by atoms with Crippen molar-refractivity contribution in [3.8, 4) is 0 Å². The zero-order chi connectivity index (χ0) is 20.3. The van der Waals surface area contributed by atoms with E-state index in [2.05, 4.69) is 5.32 Å². The van der Waals surface area contributed by atoms with Crippen LogP contribution in [0.25, 0.3) is 6.08 Å². The lowest BCUT2D eigenvalue weighted by Gasteiger charge is -2.14. The van der Waals surface area contributed by atoms with E-state index in [9.17, 15) is 19.7 Å². The largest absolute Gasteiger partial charge is 0.378 e. The maximum atomic E-state index is 12.6. The van der Waals surface area contributed by atoms with Gasteiger partial charge >= 0.3 is 0 Å². The van der Waals surface area contributed by atoms with Crippen molar-refractivity contribution in [1.29, 1.82) is 0 Å². The Bertz CT molecular complexity index is 957. The molecule has 0 saturated carbocycles. The number of hydrogen-bond donors (Lipinski definition) is 1. The van der Waals surface area contributed by atoms with Crippen LogP contribution >= 0.6 is 11.8 Å². The monoisotopic (exact) mass is 398 g/mol. The van der Waals surface area contributed by atoms with E-state index in [4.69, 9.17) is 0 Å². The number of non-ortho nitro benzene ring substituents is 1. The molecule has 1 fully saturated rings. The summed E-state index contributed by atoms with van der Waals surface area (Å²) in [6.07, 6.45) is 1.68. The molecule has 0 aromatic heterocycles. The van der Waals surface area contributed by atoms with Gasteiger partial charge in [0.05, 0.1) is 16.5 Å². The van der Waals surface area contributed by atoms with Crippen LogP contribution in [0, 0.1) is 10.1 Å². The average Bonchev–Trinajstić information content (AvgIpc) is 2.93. The highest BCUT2D eigenvalue weighted by molar-refractivity contribution is 8.18. The zero-order valence-electron chi connectivity index (χ0n) is 15.3. The van der Waals surface area contributed by atoms with E-state index in [1.165, 1.54) is 18.2 Å².